The Morgan fingerprint density at radius 3 is 1.41 bits per heavy atom. The smallest absolute Gasteiger partial charge is 0.137 e. The predicted octanol–water partition coefficient (Wildman–Crippen LogP) is 18.5. The molecule has 11 aromatic carbocycles. The molecule has 0 saturated carbocycles. The van der Waals surface area contributed by atoms with Gasteiger partial charge in [0.15, 0.2) is 0 Å². The Kier molecular flexibility index (Phi) is 9.39. The highest BCUT2D eigenvalue weighted by Crippen LogP contribution is 2.57. The highest BCUT2D eigenvalue weighted by atomic mass is 16.3. The zero-order valence-corrected chi connectivity index (χ0v) is 38.6. The fourth-order valence-electron chi connectivity index (χ4n) is 11.4. The van der Waals surface area contributed by atoms with E-state index in [1.165, 1.54) is 38.9 Å². The van der Waals surface area contributed by atoms with E-state index in [0.29, 0.717) is 0 Å². The molecule has 1 aliphatic carbocycles. The zero-order valence-electron chi connectivity index (χ0n) is 38.6. The maximum absolute atomic E-state index is 6.52. The van der Waals surface area contributed by atoms with Gasteiger partial charge in [0.2, 0.25) is 0 Å². The fourth-order valence-corrected chi connectivity index (χ4v) is 11.4. The van der Waals surface area contributed by atoms with E-state index < -0.39 is 5.41 Å². The molecule has 0 fully saturated rings. The normalized spacial score (nSPS) is 12.6. The van der Waals surface area contributed by atoms with Gasteiger partial charge < -0.3 is 18.6 Å². The number of rotatable bonds is 9. The van der Waals surface area contributed by atoms with E-state index >= 15 is 0 Å². The second-order valence-corrected chi connectivity index (χ2v) is 18.4. The third-order valence-electron chi connectivity index (χ3n) is 14.5. The number of furan rings is 2. The molecule has 0 amide bonds. The largest absolute Gasteiger partial charge is 0.456 e. The molecule has 14 rings (SSSR count). The first-order valence-corrected chi connectivity index (χ1v) is 24.2. The molecular weight excluding hydrogens is 865 g/mol. The van der Waals surface area contributed by atoms with E-state index in [2.05, 4.69) is 252 Å². The number of para-hydroxylation sites is 2. The molecule has 1 aliphatic rings. The molecule has 71 heavy (non-hydrogen) atoms. The van der Waals surface area contributed by atoms with Gasteiger partial charge in [0.25, 0.3) is 0 Å². The van der Waals surface area contributed by atoms with Crippen molar-refractivity contribution in [2.45, 2.75) is 5.41 Å². The number of hydrogen-bond acceptors (Lipinski definition) is 4. The lowest BCUT2D eigenvalue weighted by Crippen LogP contribution is -2.28. The quantitative estimate of drug-likeness (QED) is 0.144. The van der Waals surface area contributed by atoms with E-state index in [0.717, 1.165) is 83.6 Å². The molecule has 0 radical (unpaired) electrons. The van der Waals surface area contributed by atoms with Crippen LogP contribution in [0.5, 0.6) is 0 Å². The average molecular weight is 909 g/mol. The van der Waals surface area contributed by atoms with E-state index in [9.17, 15) is 0 Å². The van der Waals surface area contributed by atoms with Gasteiger partial charge in [0.1, 0.15) is 22.3 Å². The summed E-state index contributed by atoms with van der Waals surface area (Å²) in [6.45, 7) is 0. The summed E-state index contributed by atoms with van der Waals surface area (Å²) in [6, 6.07) is 96.1. The molecule has 334 valence electrons. The van der Waals surface area contributed by atoms with Crippen LogP contribution in [0, 0.1) is 0 Å². The minimum atomic E-state index is -0.569. The van der Waals surface area contributed by atoms with Gasteiger partial charge in [-0.15, -0.1) is 0 Å². The van der Waals surface area contributed by atoms with E-state index in [4.69, 9.17) is 8.83 Å². The standard InChI is InChI=1S/C67H44N2O2/c1-3-17-45(18-4-1)46-33-35-49(36-34-46)68(54-37-39-59-57-27-9-13-31-63(57)71-66(59)44-54)51-23-16-24-52(42-51)69(53-38-40-65-60(43-53)58-28-10-14-32-64(58)70-65)50-22-15-21-48(41-50)67(47-19-5-2-6-20-47)61-29-11-7-25-55(61)56-26-8-12-30-62(56)67/h1-44H. The molecular formula is C67H44N2O2. The summed E-state index contributed by atoms with van der Waals surface area (Å²) in [4.78, 5) is 4.74. The van der Waals surface area contributed by atoms with Gasteiger partial charge in [-0.3, -0.25) is 0 Å². The van der Waals surface area contributed by atoms with Crippen molar-refractivity contribution in [1.29, 1.82) is 0 Å². The first-order valence-electron chi connectivity index (χ1n) is 24.2. The topological polar surface area (TPSA) is 32.8 Å². The van der Waals surface area contributed by atoms with Crippen LogP contribution in [0.1, 0.15) is 22.3 Å². The van der Waals surface area contributed by atoms with E-state index in [1.807, 2.05) is 24.3 Å². The summed E-state index contributed by atoms with van der Waals surface area (Å²) in [5.41, 5.74) is 18.8. The molecule has 0 unspecified atom stereocenters. The van der Waals surface area contributed by atoms with Crippen molar-refractivity contribution in [2.75, 3.05) is 9.80 Å². The van der Waals surface area contributed by atoms with Gasteiger partial charge in [0.05, 0.1) is 5.41 Å². The number of anilines is 6. The van der Waals surface area contributed by atoms with Crippen LogP contribution in [0.25, 0.3) is 66.1 Å². The van der Waals surface area contributed by atoms with Crippen LogP contribution in [0.2, 0.25) is 0 Å². The van der Waals surface area contributed by atoms with E-state index in [1.54, 1.807) is 0 Å². The van der Waals surface area contributed by atoms with Crippen molar-refractivity contribution >= 4 is 78.0 Å². The van der Waals surface area contributed by atoms with Crippen LogP contribution in [-0.4, -0.2) is 0 Å². The molecule has 2 heterocycles. The third-order valence-corrected chi connectivity index (χ3v) is 14.5. The lowest BCUT2D eigenvalue weighted by Gasteiger charge is -2.35. The van der Waals surface area contributed by atoms with Crippen LogP contribution < -0.4 is 9.80 Å². The number of hydrogen-bond donors (Lipinski definition) is 0. The lowest BCUT2D eigenvalue weighted by atomic mass is 9.67. The van der Waals surface area contributed by atoms with E-state index in [-0.39, 0.29) is 0 Å². The Bertz CT molecular complexity index is 4090. The molecule has 0 spiro atoms. The first kappa shape index (κ1) is 40.7. The Hall–Kier alpha value is -9.38. The maximum Gasteiger partial charge on any atom is 0.137 e. The molecule has 4 nitrogen and oxygen atoms in total. The van der Waals surface area contributed by atoms with Gasteiger partial charge in [-0.05, 0) is 129 Å². The van der Waals surface area contributed by atoms with Crippen LogP contribution in [0.4, 0.5) is 34.1 Å². The summed E-state index contributed by atoms with van der Waals surface area (Å²) in [5, 5.41) is 4.34. The molecule has 0 atom stereocenters. The fraction of sp³-hybridized carbons (Fsp3) is 0.0149. The number of benzene rings is 11. The molecule has 2 aromatic heterocycles. The molecule has 0 aliphatic heterocycles. The summed E-state index contributed by atoms with van der Waals surface area (Å²) >= 11 is 0. The summed E-state index contributed by atoms with van der Waals surface area (Å²) in [7, 11) is 0. The molecule has 0 bridgehead atoms. The van der Waals surface area contributed by atoms with Crippen LogP contribution >= 0.6 is 0 Å². The van der Waals surface area contributed by atoms with Crippen molar-refractivity contribution in [3.63, 3.8) is 0 Å². The Morgan fingerprint density at radius 2 is 0.704 bits per heavy atom. The first-order chi connectivity index (χ1) is 35.2. The minimum Gasteiger partial charge on any atom is -0.456 e. The lowest BCUT2D eigenvalue weighted by molar-refractivity contribution is 0.668. The average Bonchev–Trinajstić information content (AvgIpc) is 4.10. The minimum absolute atomic E-state index is 0.569. The predicted molar refractivity (Wildman–Crippen MR) is 293 cm³/mol. The van der Waals surface area contributed by atoms with Crippen molar-refractivity contribution < 1.29 is 8.83 Å². The number of nitrogens with zero attached hydrogens (tertiary/aromatic N) is 2. The Morgan fingerprint density at radius 1 is 0.254 bits per heavy atom. The second kappa shape index (κ2) is 16.4. The Labute approximate surface area is 411 Å². The summed E-state index contributed by atoms with van der Waals surface area (Å²) < 4.78 is 12.9. The van der Waals surface area contributed by atoms with Crippen LogP contribution in [-0.2, 0) is 5.41 Å². The van der Waals surface area contributed by atoms with Gasteiger partial charge in [0, 0.05) is 61.7 Å². The zero-order chi connectivity index (χ0) is 46.9. The van der Waals surface area contributed by atoms with Crippen molar-refractivity contribution in [1.82, 2.24) is 0 Å². The number of fused-ring (bicyclic) bond motifs is 9. The summed E-state index contributed by atoms with van der Waals surface area (Å²) in [6.07, 6.45) is 0. The Balaban J connectivity index is 0.982. The summed E-state index contributed by atoms with van der Waals surface area (Å²) in [5.74, 6) is 0. The second-order valence-electron chi connectivity index (χ2n) is 18.4. The van der Waals surface area contributed by atoms with Gasteiger partial charge >= 0.3 is 0 Å². The molecule has 0 saturated heterocycles. The highest BCUT2D eigenvalue weighted by molar-refractivity contribution is 6.07. The van der Waals surface area contributed by atoms with Crippen molar-refractivity contribution in [3.8, 4) is 22.3 Å². The van der Waals surface area contributed by atoms with Crippen LogP contribution in [0.15, 0.2) is 276 Å². The maximum atomic E-state index is 6.52. The monoisotopic (exact) mass is 908 g/mol. The highest BCUT2D eigenvalue weighted by Gasteiger charge is 2.46. The van der Waals surface area contributed by atoms with Crippen molar-refractivity contribution in [3.05, 3.63) is 289 Å². The third kappa shape index (κ3) is 6.53. The molecule has 4 heteroatoms. The van der Waals surface area contributed by atoms with Gasteiger partial charge in [-0.2, -0.15) is 0 Å². The van der Waals surface area contributed by atoms with Crippen LogP contribution in [0.3, 0.4) is 0 Å². The SMILES string of the molecule is c1ccc(-c2ccc(N(c3cccc(N(c4cccc(C5(c6ccccc6)c6ccccc6-c6ccccc65)c4)c4ccc5oc6ccccc6c5c4)c3)c3ccc4c(c3)oc3ccccc34)cc2)cc1. The van der Waals surface area contributed by atoms with Gasteiger partial charge in [-0.25, -0.2) is 0 Å². The van der Waals surface area contributed by atoms with Crippen molar-refractivity contribution in [2.24, 2.45) is 0 Å². The molecule has 13 aromatic rings. The molecule has 0 N–H and O–H groups in total. The van der Waals surface area contributed by atoms with Gasteiger partial charge in [-0.1, -0.05) is 176 Å².